The summed E-state index contributed by atoms with van der Waals surface area (Å²) in [5, 5.41) is 9.78. The van der Waals surface area contributed by atoms with Gasteiger partial charge in [-0.1, -0.05) is 0 Å². The van der Waals surface area contributed by atoms with Crippen LogP contribution in [0.5, 0.6) is 0 Å². The van der Waals surface area contributed by atoms with E-state index in [1.54, 1.807) is 18.5 Å². The van der Waals surface area contributed by atoms with Crippen LogP contribution in [-0.2, 0) is 0 Å². The fourth-order valence-electron chi connectivity index (χ4n) is 1.27. The van der Waals surface area contributed by atoms with Crippen molar-refractivity contribution < 1.29 is 9.52 Å². The van der Waals surface area contributed by atoms with Crippen molar-refractivity contribution in [3.8, 4) is 0 Å². The highest BCUT2D eigenvalue weighted by Crippen LogP contribution is 2.22. The molecule has 3 heteroatoms. The van der Waals surface area contributed by atoms with E-state index in [2.05, 4.69) is 4.98 Å². The lowest BCUT2D eigenvalue weighted by atomic mass is 10.1. The van der Waals surface area contributed by atoms with Crippen LogP contribution in [0.25, 0.3) is 0 Å². The fourth-order valence-corrected chi connectivity index (χ4v) is 1.27. The monoisotopic (exact) mass is 177 g/mol. The maximum atomic E-state index is 9.78. The molecule has 2 aromatic rings. The Kier molecular flexibility index (Phi) is 1.94. The molecule has 0 aliphatic rings. The van der Waals surface area contributed by atoms with Gasteiger partial charge in [-0.15, -0.1) is 0 Å². The first kappa shape index (κ1) is 8.13. The summed E-state index contributed by atoms with van der Waals surface area (Å²) in [5.74, 6) is 1.39. The Bertz CT molecular complexity index is 375. The van der Waals surface area contributed by atoms with Gasteiger partial charge >= 0.3 is 0 Å². The molecule has 13 heavy (non-hydrogen) atoms. The molecule has 2 rings (SSSR count). The highest BCUT2D eigenvalue weighted by atomic mass is 16.4. The van der Waals surface area contributed by atoms with Crippen molar-refractivity contribution in [2.45, 2.75) is 13.0 Å². The second kappa shape index (κ2) is 3.11. The van der Waals surface area contributed by atoms with Crippen LogP contribution in [0.15, 0.2) is 35.0 Å². The zero-order chi connectivity index (χ0) is 9.26. The van der Waals surface area contributed by atoms with E-state index in [1.807, 2.05) is 19.1 Å². The quantitative estimate of drug-likeness (QED) is 0.737. The number of aryl methyl sites for hydroxylation is 1. The van der Waals surface area contributed by atoms with Crippen LogP contribution in [0.4, 0.5) is 0 Å². The summed E-state index contributed by atoms with van der Waals surface area (Å²) in [5.41, 5.74) is 0.814. The Morgan fingerprint density at radius 2 is 2.23 bits per heavy atom. The van der Waals surface area contributed by atoms with Gasteiger partial charge in [-0.2, -0.15) is 0 Å². The van der Waals surface area contributed by atoms with Crippen LogP contribution in [0, 0.1) is 6.92 Å². The molecular weight excluding hydrogens is 166 g/mol. The summed E-state index contributed by atoms with van der Waals surface area (Å²) < 4.78 is 5.31. The first-order chi connectivity index (χ1) is 6.27. The number of hydrogen-bond acceptors (Lipinski definition) is 2. The smallest absolute Gasteiger partial charge is 0.138 e. The SMILES string of the molecule is Cc1ccc(C(O)c2cc[nH]c2)o1. The van der Waals surface area contributed by atoms with Crippen molar-refractivity contribution in [2.75, 3.05) is 0 Å². The van der Waals surface area contributed by atoms with Crippen LogP contribution in [0.2, 0.25) is 0 Å². The molecule has 0 aromatic carbocycles. The van der Waals surface area contributed by atoms with Crippen LogP contribution in [0.1, 0.15) is 23.2 Å². The zero-order valence-electron chi connectivity index (χ0n) is 7.32. The molecule has 68 valence electrons. The maximum Gasteiger partial charge on any atom is 0.138 e. The average Bonchev–Trinajstić information content (AvgIpc) is 2.72. The van der Waals surface area contributed by atoms with E-state index in [9.17, 15) is 5.11 Å². The lowest BCUT2D eigenvalue weighted by Crippen LogP contribution is -1.95. The fraction of sp³-hybridized carbons (Fsp3) is 0.200. The molecule has 1 atom stereocenters. The zero-order valence-corrected chi connectivity index (χ0v) is 7.32. The first-order valence-electron chi connectivity index (χ1n) is 4.14. The molecular formula is C10H11NO2. The second-order valence-electron chi connectivity index (χ2n) is 3.00. The number of nitrogens with one attached hydrogen (secondary N) is 1. The van der Waals surface area contributed by atoms with Crippen molar-refractivity contribution in [1.29, 1.82) is 0 Å². The summed E-state index contributed by atoms with van der Waals surface area (Å²) >= 11 is 0. The Morgan fingerprint density at radius 3 is 2.77 bits per heavy atom. The number of H-pyrrole nitrogens is 1. The second-order valence-corrected chi connectivity index (χ2v) is 3.00. The highest BCUT2D eigenvalue weighted by molar-refractivity contribution is 5.22. The van der Waals surface area contributed by atoms with Gasteiger partial charge in [0.1, 0.15) is 17.6 Å². The van der Waals surface area contributed by atoms with Gasteiger partial charge in [-0.3, -0.25) is 0 Å². The molecule has 0 radical (unpaired) electrons. The van der Waals surface area contributed by atoms with E-state index in [0.29, 0.717) is 5.76 Å². The van der Waals surface area contributed by atoms with E-state index in [-0.39, 0.29) is 0 Å². The molecule has 2 aromatic heterocycles. The Balaban J connectivity index is 2.28. The van der Waals surface area contributed by atoms with Crippen molar-refractivity contribution in [1.82, 2.24) is 4.98 Å². The molecule has 3 nitrogen and oxygen atoms in total. The van der Waals surface area contributed by atoms with Crippen LogP contribution in [-0.4, -0.2) is 10.1 Å². The highest BCUT2D eigenvalue weighted by Gasteiger charge is 2.13. The number of rotatable bonds is 2. The molecule has 0 spiro atoms. The number of aliphatic hydroxyl groups is 1. The summed E-state index contributed by atoms with van der Waals surface area (Å²) in [6, 6.07) is 5.45. The largest absolute Gasteiger partial charge is 0.463 e. The minimum atomic E-state index is -0.667. The van der Waals surface area contributed by atoms with Crippen molar-refractivity contribution in [2.24, 2.45) is 0 Å². The molecule has 2 heterocycles. The molecule has 2 N–H and O–H groups in total. The standard InChI is InChI=1S/C10H11NO2/c1-7-2-3-9(13-7)10(12)8-4-5-11-6-8/h2-6,10-12H,1H3. The maximum absolute atomic E-state index is 9.78. The summed E-state index contributed by atoms with van der Waals surface area (Å²) in [6.07, 6.45) is 2.86. The van der Waals surface area contributed by atoms with Gasteiger partial charge in [-0.25, -0.2) is 0 Å². The lowest BCUT2D eigenvalue weighted by Gasteiger charge is -2.03. The van der Waals surface area contributed by atoms with E-state index >= 15 is 0 Å². The molecule has 0 fully saturated rings. The Labute approximate surface area is 76.0 Å². The molecule has 0 bridgehead atoms. The summed E-state index contributed by atoms with van der Waals surface area (Å²) in [6.45, 7) is 1.85. The summed E-state index contributed by atoms with van der Waals surface area (Å²) in [4.78, 5) is 2.89. The predicted molar refractivity (Wildman–Crippen MR) is 48.3 cm³/mol. The van der Waals surface area contributed by atoms with Crippen LogP contribution < -0.4 is 0 Å². The molecule has 0 aliphatic carbocycles. The van der Waals surface area contributed by atoms with Crippen molar-refractivity contribution >= 4 is 0 Å². The number of hydrogen-bond donors (Lipinski definition) is 2. The van der Waals surface area contributed by atoms with Gasteiger partial charge < -0.3 is 14.5 Å². The molecule has 0 amide bonds. The Hall–Kier alpha value is -1.48. The first-order valence-corrected chi connectivity index (χ1v) is 4.14. The van der Waals surface area contributed by atoms with Crippen LogP contribution in [0.3, 0.4) is 0 Å². The predicted octanol–water partition coefficient (Wildman–Crippen LogP) is 2.00. The van der Waals surface area contributed by atoms with Crippen molar-refractivity contribution in [3.05, 3.63) is 47.7 Å². The third kappa shape index (κ3) is 1.51. The number of furan rings is 1. The topological polar surface area (TPSA) is 49.2 Å². The van der Waals surface area contributed by atoms with E-state index < -0.39 is 6.10 Å². The van der Waals surface area contributed by atoms with E-state index in [0.717, 1.165) is 11.3 Å². The number of aromatic amines is 1. The van der Waals surface area contributed by atoms with Gasteiger partial charge in [0.25, 0.3) is 0 Å². The van der Waals surface area contributed by atoms with Gasteiger partial charge in [0.2, 0.25) is 0 Å². The minimum absolute atomic E-state index is 0.581. The molecule has 0 aliphatic heterocycles. The van der Waals surface area contributed by atoms with Crippen LogP contribution >= 0.6 is 0 Å². The van der Waals surface area contributed by atoms with Gasteiger partial charge in [0.15, 0.2) is 0 Å². The lowest BCUT2D eigenvalue weighted by molar-refractivity contribution is 0.188. The molecule has 0 saturated carbocycles. The summed E-state index contributed by atoms with van der Waals surface area (Å²) in [7, 11) is 0. The number of aliphatic hydroxyl groups excluding tert-OH is 1. The van der Waals surface area contributed by atoms with E-state index in [1.165, 1.54) is 0 Å². The third-order valence-electron chi connectivity index (χ3n) is 1.97. The normalized spacial score (nSPS) is 13.1. The molecule has 1 unspecified atom stereocenters. The molecule has 0 saturated heterocycles. The van der Waals surface area contributed by atoms with Gasteiger partial charge in [-0.05, 0) is 25.1 Å². The van der Waals surface area contributed by atoms with Gasteiger partial charge in [0.05, 0.1) is 0 Å². The average molecular weight is 177 g/mol. The number of aromatic nitrogens is 1. The van der Waals surface area contributed by atoms with Crippen molar-refractivity contribution in [3.63, 3.8) is 0 Å². The third-order valence-corrected chi connectivity index (χ3v) is 1.97. The van der Waals surface area contributed by atoms with Gasteiger partial charge in [0, 0.05) is 18.0 Å². The Morgan fingerprint density at radius 1 is 1.38 bits per heavy atom. The van der Waals surface area contributed by atoms with E-state index in [4.69, 9.17) is 4.42 Å². The minimum Gasteiger partial charge on any atom is -0.463 e.